The molecule has 0 spiro atoms. The molecule has 0 bridgehead atoms. The number of aromatic nitrogens is 3. The van der Waals surface area contributed by atoms with Crippen LogP contribution in [0.3, 0.4) is 0 Å². The van der Waals surface area contributed by atoms with Gasteiger partial charge in [0.1, 0.15) is 6.20 Å². The summed E-state index contributed by atoms with van der Waals surface area (Å²) in [6.07, 6.45) is 1.38. The second-order valence-corrected chi connectivity index (χ2v) is 2.99. The van der Waals surface area contributed by atoms with Gasteiger partial charge in [-0.05, 0) is 4.98 Å². The van der Waals surface area contributed by atoms with Gasteiger partial charge in [0.2, 0.25) is 5.69 Å². The molecule has 14 heavy (non-hydrogen) atoms. The smallest absolute Gasteiger partial charge is 0.421 e. The van der Waals surface area contributed by atoms with E-state index in [-0.39, 0.29) is 10.1 Å². The molecule has 0 aliphatic heterocycles. The fourth-order valence-electron chi connectivity index (χ4n) is 1.07. The highest BCUT2D eigenvalue weighted by Gasteiger charge is 2.10. The van der Waals surface area contributed by atoms with Gasteiger partial charge in [-0.25, -0.2) is 0 Å². The normalized spacial score (nSPS) is 10.1. The van der Waals surface area contributed by atoms with Crippen LogP contribution in [0, 0.1) is 5.21 Å². The zero-order valence-corrected chi connectivity index (χ0v) is 7.85. The molecule has 1 aromatic carbocycles. The van der Waals surface area contributed by atoms with E-state index in [0.717, 1.165) is 5.56 Å². The van der Waals surface area contributed by atoms with Gasteiger partial charge in [0, 0.05) is 17.2 Å². The molecule has 0 saturated carbocycles. The van der Waals surface area contributed by atoms with Crippen molar-refractivity contribution in [3.63, 3.8) is 0 Å². The summed E-state index contributed by atoms with van der Waals surface area (Å²) in [5.41, 5.74) is 1.46. The Bertz CT molecular complexity index is 447. The van der Waals surface area contributed by atoms with Crippen molar-refractivity contribution in [2.45, 2.75) is 0 Å². The first kappa shape index (κ1) is 8.90. The van der Waals surface area contributed by atoms with Gasteiger partial charge in [-0.1, -0.05) is 35.4 Å². The Balaban J connectivity index is 2.48. The van der Waals surface area contributed by atoms with Crippen molar-refractivity contribution >= 4 is 11.6 Å². The van der Waals surface area contributed by atoms with Gasteiger partial charge in [-0.15, -0.1) is 4.85 Å². The quantitative estimate of drug-likeness (QED) is 0.525. The molecule has 1 heterocycles. The van der Waals surface area contributed by atoms with E-state index in [1.165, 1.54) is 6.20 Å². The Morgan fingerprint density at radius 3 is 2.57 bits per heavy atom. The molecule has 0 atom stereocenters. The number of hydrogen-bond acceptors (Lipinski definition) is 3. The molecule has 4 nitrogen and oxygen atoms in total. The average Bonchev–Trinajstić information content (AvgIpc) is 2.23. The Labute approximate surface area is 85.4 Å². The predicted molar refractivity (Wildman–Crippen MR) is 51.4 cm³/mol. The predicted octanol–water partition coefficient (Wildman–Crippen LogP) is 1.43. The number of benzene rings is 1. The van der Waals surface area contributed by atoms with E-state index < -0.39 is 0 Å². The first-order chi connectivity index (χ1) is 6.77. The maximum absolute atomic E-state index is 10.8. The highest BCUT2D eigenvalue weighted by Crippen LogP contribution is 2.14. The minimum Gasteiger partial charge on any atom is -0.690 e. The minimum atomic E-state index is -0.175. The molecule has 0 amide bonds. The summed E-state index contributed by atoms with van der Waals surface area (Å²) in [6.45, 7) is 0. The molecule has 0 aliphatic rings. The Morgan fingerprint density at radius 2 is 1.93 bits per heavy atom. The van der Waals surface area contributed by atoms with Crippen molar-refractivity contribution in [2.75, 3.05) is 0 Å². The fraction of sp³-hybridized carbons (Fsp3) is 0. The van der Waals surface area contributed by atoms with Crippen molar-refractivity contribution in [1.29, 1.82) is 0 Å². The van der Waals surface area contributed by atoms with E-state index >= 15 is 0 Å². The van der Waals surface area contributed by atoms with E-state index in [9.17, 15) is 5.21 Å². The van der Waals surface area contributed by atoms with E-state index in [1.54, 1.807) is 0 Å². The van der Waals surface area contributed by atoms with Gasteiger partial charge in [-0.2, -0.15) is 0 Å². The summed E-state index contributed by atoms with van der Waals surface area (Å²) >= 11 is 5.54. The van der Waals surface area contributed by atoms with Crippen LogP contribution in [0.4, 0.5) is 0 Å². The van der Waals surface area contributed by atoms with Crippen LogP contribution in [0.15, 0.2) is 36.5 Å². The van der Waals surface area contributed by atoms with Crippen molar-refractivity contribution in [3.05, 3.63) is 47.0 Å². The maximum Gasteiger partial charge on any atom is 0.421 e. The number of hydrogen-bond donors (Lipinski definition) is 0. The van der Waals surface area contributed by atoms with Crippen LogP contribution in [0.2, 0.25) is 5.28 Å². The molecular formula is C9H6ClN3O. The van der Waals surface area contributed by atoms with Crippen LogP contribution < -0.4 is 4.85 Å². The van der Waals surface area contributed by atoms with Crippen LogP contribution in [0.25, 0.3) is 11.3 Å². The van der Waals surface area contributed by atoms with Gasteiger partial charge < -0.3 is 5.21 Å². The molecule has 0 unspecified atom stereocenters. The highest BCUT2D eigenvalue weighted by atomic mass is 35.5. The van der Waals surface area contributed by atoms with Crippen LogP contribution in [0.5, 0.6) is 0 Å². The Kier molecular flexibility index (Phi) is 2.28. The molecule has 70 valence electrons. The van der Waals surface area contributed by atoms with Crippen LogP contribution in [-0.4, -0.2) is 10.1 Å². The van der Waals surface area contributed by atoms with Crippen molar-refractivity contribution in [2.24, 2.45) is 0 Å². The molecule has 0 aliphatic carbocycles. The second kappa shape index (κ2) is 3.59. The van der Waals surface area contributed by atoms with Crippen LogP contribution in [-0.2, 0) is 0 Å². The first-order valence-corrected chi connectivity index (χ1v) is 4.33. The van der Waals surface area contributed by atoms with Gasteiger partial charge in [0.05, 0.1) is 0 Å². The van der Waals surface area contributed by atoms with Crippen molar-refractivity contribution in [1.82, 2.24) is 10.1 Å². The minimum absolute atomic E-state index is 0.175. The molecular weight excluding hydrogens is 202 g/mol. The summed E-state index contributed by atoms with van der Waals surface area (Å²) < 4.78 is 0. The largest absolute Gasteiger partial charge is 0.690 e. The summed E-state index contributed by atoms with van der Waals surface area (Å²) in [7, 11) is 0. The second-order valence-electron chi connectivity index (χ2n) is 2.65. The number of halogens is 1. The zero-order chi connectivity index (χ0) is 9.97. The maximum atomic E-state index is 10.8. The Morgan fingerprint density at radius 1 is 1.21 bits per heavy atom. The van der Waals surface area contributed by atoms with Crippen molar-refractivity contribution in [3.8, 4) is 11.3 Å². The van der Waals surface area contributed by atoms with E-state index in [4.69, 9.17) is 11.6 Å². The topological polar surface area (TPSA) is 52.7 Å². The summed E-state index contributed by atoms with van der Waals surface area (Å²) in [6, 6.07) is 9.40. The molecule has 2 aromatic rings. The average molecular weight is 208 g/mol. The molecule has 5 heteroatoms. The number of nitrogens with zero attached hydrogens (tertiary/aromatic N) is 3. The number of rotatable bonds is 1. The van der Waals surface area contributed by atoms with Crippen LogP contribution >= 0.6 is 11.6 Å². The lowest BCUT2D eigenvalue weighted by Crippen LogP contribution is -2.33. The molecule has 0 saturated heterocycles. The van der Waals surface area contributed by atoms with E-state index in [0.29, 0.717) is 5.69 Å². The molecule has 0 fully saturated rings. The van der Waals surface area contributed by atoms with Crippen LogP contribution in [0.1, 0.15) is 0 Å². The van der Waals surface area contributed by atoms with Gasteiger partial charge in [0.25, 0.3) is 0 Å². The summed E-state index contributed by atoms with van der Waals surface area (Å²) in [5.74, 6) is 0. The lowest BCUT2D eigenvalue weighted by molar-refractivity contribution is -0.669. The van der Waals surface area contributed by atoms with Gasteiger partial charge >= 0.3 is 5.28 Å². The lowest BCUT2D eigenvalue weighted by atomic mass is 10.2. The van der Waals surface area contributed by atoms with Gasteiger partial charge in [-0.3, -0.25) is 0 Å². The molecule has 1 aromatic heterocycles. The monoisotopic (exact) mass is 207 g/mol. The Hall–Kier alpha value is -1.68. The third-order valence-electron chi connectivity index (χ3n) is 1.73. The SMILES string of the molecule is [O-][n+]1ncc(-c2ccccc2)nc1Cl. The standard InChI is InChI=1S/C9H6ClN3O/c10-9-12-8(6-11-13(9)14)7-4-2-1-3-5-7/h1-6H. The van der Waals surface area contributed by atoms with Crippen molar-refractivity contribution < 1.29 is 4.85 Å². The molecule has 0 N–H and O–H groups in total. The molecule has 2 rings (SSSR count). The lowest BCUT2D eigenvalue weighted by Gasteiger charge is -1.98. The highest BCUT2D eigenvalue weighted by molar-refractivity contribution is 6.27. The van der Waals surface area contributed by atoms with Gasteiger partial charge in [0.15, 0.2) is 0 Å². The third kappa shape index (κ3) is 1.65. The first-order valence-electron chi connectivity index (χ1n) is 3.95. The third-order valence-corrected chi connectivity index (χ3v) is 1.95. The van der Waals surface area contributed by atoms with E-state index in [2.05, 4.69) is 10.1 Å². The van der Waals surface area contributed by atoms with E-state index in [1.807, 2.05) is 30.3 Å². The molecule has 0 radical (unpaired) electrons. The summed E-state index contributed by atoms with van der Waals surface area (Å²) in [5, 5.41) is 14.2. The summed E-state index contributed by atoms with van der Waals surface area (Å²) in [4.78, 5) is 4.17. The zero-order valence-electron chi connectivity index (χ0n) is 7.09. The fourth-order valence-corrected chi connectivity index (χ4v) is 1.21.